The normalized spacial score (nSPS) is 12.2. The molecule has 0 spiro atoms. The van der Waals surface area contributed by atoms with Crippen molar-refractivity contribution in [3.8, 4) is 5.75 Å². The third-order valence-corrected chi connectivity index (χ3v) is 3.32. The van der Waals surface area contributed by atoms with Gasteiger partial charge in [-0.1, -0.05) is 22.0 Å². The third-order valence-electron chi connectivity index (χ3n) is 2.83. The van der Waals surface area contributed by atoms with Crippen LogP contribution in [0.1, 0.15) is 24.2 Å². The van der Waals surface area contributed by atoms with Crippen LogP contribution in [0.3, 0.4) is 0 Å². The van der Waals surface area contributed by atoms with E-state index >= 15 is 0 Å². The molecule has 5 heteroatoms. The summed E-state index contributed by atoms with van der Waals surface area (Å²) in [5.74, 6) is -0.650. The van der Waals surface area contributed by atoms with Gasteiger partial charge < -0.3 is 9.84 Å². The van der Waals surface area contributed by atoms with Gasteiger partial charge in [0, 0.05) is 21.7 Å². The summed E-state index contributed by atoms with van der Waals surface area (Å²) < 4.78 is 33.2. The second-order valence-electron chi connectivity index (χ2n) is 4.38. The summed E-state index contributed by atoms with van der Waals surface area (Å²) in [6, 6.07) is 8.82. The van der Waals surface area contributed by atoms with Crippen LogP contribution in [0, 0.1) is 11.6 Å². The van der Waals surface area contributed by atoms with Crippen LogP contribution >= 0.6 is 15.9 Å². The van der Waals surface area contributed by atoms with E-state index in [1.165, 1.54) is 25.1 Å². The van der Waals surface area contributed by atoms with Gasteiger partial charge in [-0.05, 0) is 31.2 Å². The summed E-state index contributed by atoms with van der Waals surface area (Å²) in [6.07, 6.45) is -0.882. The summed E-state index contributed by atoms with van der Waals surface area (Å²) >= 11 is 3.17. The second kappa shape index (κ2) is 6.33. The average Bonchev–Trinajstić information content (AvgIpc) is 2.37. The van der Waals surface area contributed by atoms with Crippen molar-refractivity contribution >= 4 is 15.9 Å². The van der Waals surface area contributed by atoms with Crippen molar-refractivity contribution in [3.05, 3.63) is 63.6 Å². The van der Waals surface area contributed by atoms with Crippen LogP contribution in [-0.2, 0) is 6.61 Å². The molecule has 1 N–H and O–H groups in total. The van der Waals surface area contributed by atoms with Gasteiger partial charge in [0.1, 0.15) is 24.0 Å². The Morgan fingerprint density at radius 2 is 1.90 bits per heavy atom. The van der Waals surface area contributed by atoms with Gasteiger partial charge in [0.25, 0.3) is 0 Å². The number of benzene rings is 2. The van der Waals surface area contributed by atoms with E-state index in [-0.39, 0.29) is 23.7 Å². The molecule has 2 aromatic carbocycles. The summed E-state index contributed by atoms with van der Waals surface area (Å²) in [6.45, 7) is 1.49. The molecule has 2 nitrogen and oxygen atoms in total. The zero-order chi connectivity index (χ0) is 14.7. The first-order valence-corrected chi connectivity index (χ1v) is 6.81. The molecule has 0 aromatic heterocycles. The molecule has 0 fully saturated rings. The molecule has 0 amide bonds. The Labute approximate surface area is 124 Å². The van der Waals surface area contributed by atoms with Crippen molar-refractivity contribution in [2.75, 3.05) is 0 Å². The number of halogens is 3. The standard InChI is InChI=1S/C15H13BrF2O2/c1-9(19)13-5-4-12(7-15(13)18)20-8-10-2-3-11(16)6-14(10)17/h2-7,9,19H,8H2,1H3/t9-/m0/s1. The Hall–Kier alpha value is -1.46. The van der Waals surface area contributed by atoms with Crippen LogP contribution in [0.15, 0.2) is 40.9 Å². The minimum atomic E-state index is -0.882. The van der Waals surface area contributed by atoms with Gasteiger partial charge in [-0.25, -0.2) is 8.78 Å². The van der Waals surface area contributed by atoms with Crippen molar-refractivity contribution in [1.29, 1.82) is 0 Å². The lowest BCUT2D eigenvalue weighted by Crippen LogP contribution is -2.00. The van der Waals surface area contributed by atoms with Gasteiger partial charge in [0.2, 0.25) is 0 Å². The third kappa shape index (κ3) is 3.55. The number of aliphatic hydroxyl groups is 1. The van der Waals surface area contributed by atoms with E-state index in [0.29, 0.717) is 10.0 Å². The number of aliphatic hydroxyl groups excluding tert-OH is 1. The Balaban J connectivity index is 2.09. The Bertz CT molecular complexity index is 615. The lowest BCUT2D eigenvalue weighted by molar-refractivity contribution is 0.194. The molecule has 0 aliphatic carbocycles. The SMILES string of the molecule is C[C@H](O)c1ccc(OCc2ccc(Br)cc2F)cc1F. The van der Waals surface area contributed by atoms with Crippen LogP contribution in [-0.4, -0.2) is 5.11 Å². The van der Waals surface area contributed by atoms with Crippen molar-refractivity contribution in [2.45, 2.75) is 19.6 Å². The molecular formula is C15H13BrF2O2. The van der Waals surface area contributed by atoms with E-state index in [9.17, 15) is 13.9 Å². The van der Waals surface area contributed by atoms with Crippen molar-refractivity contribution in [1.82, 2.24) is 0 Å². The number of rotatable bonds is 4. The van der Waals surface area contributed by atoms with E-state index in [2.05, 4.69) is 15.9 Å². The summed E-state index contributed by atoms with van der Waals surface area (Å²) in [5, 5.41) is 9.33. The first-order chi connectivity index (χ1) is 9.47. The highest BCUT2D eigenvalue weighted by Gasteiger charge is 2.10. The number of hydrogen-bond acceptors (Lipinski definition) is 2. The van der Waals surface area contributed by atoms with E-state index in [1.54, 1.807) is 18.2 Å². The van der Waals surface area contributed by atoms with Crippen molar-refractivity contribution < 1.29 is 18.6 Å². The van der Waals surface area contributed by atoms with E-state index in [1.807, 2.05) is 0 Å². The molecule has 0 aliphatic heterocycles. The molecule has 1 atom stereocenters. The number of ether oxygens (including phenoxy) is 1. The van der Waals surface area contributed by atoms with Gasteiger partial charge in [0.05, 0.1) is 6.10 Å². The predicted octanol–water partition coefficient (Wildman–Crippen LogP) is 4.36. The monoisotopic (exact) mass is 342 g/mol. The maximum Gasteiger partial charge on any atom is 0.132 e. The first-order valence-electron chi connectivity index (χ1n) is 6.01. The van der Waals surface area contributed by atoms with Crippen LogP contribution in [0.25, 0.3) is 0 Å². The van der Waals surface area contributed by atoms with Gasteiger partial charge >= 0.3 is 0 Å². The molecule has 2 rings (SSSR count). The quantitative estimate of drug-likeness (QED) is 0.894. The fraction of sp³-hybridized carbons (Fsp3) is 0.200. The Morgan fingerprint density at radius 3 is 2.50 bits per heavy atom. The fourth-order valence-electron chi connectivity index (χ4n) is 1.74. The fourth-order valence-corrected chi connectivity index (χ4v) is 2.07. The number of hydrogen-bond donors (Lipinski definition) is 1. The lowest BCUT2D eigenvalue weighted by atomic mass is 10.1. The van der Waals surface area contributed by atoms with Crippen LogP contribution in [0.5, 0.6) is 5.75 Å². The molecular weight excluding hydrogens is 330 g/mol. The molecule has 0 unspecified atom stereocenters. The highest BCUT2D eigenvalue weighted by atomic mass is 79.9. The van der Waals surface area contributed by atoms with Crippen LogP contribution in [0.2, 0.25) is 0 Å². The average molecular weight is 343 g/mol. The summed E-state index contributed by atoms with van der Waals surface area (Å²) in [5.41, 5.74) is 0.584. The van der Waals surface area contributed by atoms with Crippen molar-refractivity contribution in [3.63, 3.8) is 0 Å². The molecule has 20 heavy (non-hydrogen) atoms. The second-order valence-corrected chi connectivity index (χ2v) is 5.30. The molecule has 0 bridgehead atoms. The molecule has 2 aromatic rings. The zero-order valence-corrected chi connectivity index (χ0v) is 12.3. The van der Waals surface area contributed by atoms with Gasteiger partial charge in [-0.2, -0.15) is 0 Å². The van der Waals surface area contributed by atoms with Gasteiger partial charge in [-0.3, -0.25) is 0 Å². The zero-order valence-electron chi connectivity index (χ0n) is 10.7. The molecule has 106 valence electrons. The van der Waals surface area contributed by atoms with E-state index in [0.717, 1.165) is 0 Å². The highest BCUT2D eigenvalue weighted by molar-refractivity contribution is 9.10. The topological polar surface area (TPSA) is 29.5 Å². The maximum absolute atomic E-state index is 13.6. The van der Waals surface area contributed by atoms with Gasteiger partial charge in [-0.15, -0.1) is 0 Å². The minimum absolute atomic E-state index is 0.00653. The smallest absolute Gasteiger partial charge is 0.132 e. The molecule has 0 saturated heterocycles. The minimum Gasteiger partial charge on any atom is -0.489 e. The van der Waals surface area contributed by atoms with E-state index in [4.69, 9.17) is 4.74 Å². The molecule has 0 aliphatic rings. The Morgan fingerprint density at radius 1 is 1.15 bits per heavy atom. The van der Waals surface area contributed by atoms with Gasteiger partial charge in [0.15, 0.2) is 0 Å². The Kier molecular flexibility index (Phi) is 4.73. The molecule has 0 radical (unpaired) electrons. The van der Waals surface area contributed by atoms with Crippen LogP contribution in [0.4, 0.5) is 8.78 Å². The first kappa shape index (κ1) is 14.9. The molecule has 0 saturated carbocycles. The summed E-state index contributed by atoms with van der Waals surface area (Å²) in [4.78, 5) is 0. The van der Waals surface area contributed by atoms with Crippen LogP contribution < -0.4 is 4.74 Å². The van der Waals surface area contributed by atoms with Crippen molar-refractivity contribution in [2.24, 2.45) is 0 Å². The van der Waals surface area contributed by atoms with E-state index < -0.39 is 11.9 Å². The molecule has 0 heterocycles. The predicted molar refractivity (Wildman–Crippen MR) is 75.5 cm³/mol. The largest absolute Gasteiger partial charge is 0.489 e. The maximum atomic E-state index is 13.6. The highest BCUT2D eigenvalue weighted by Crippen LogP contribution is 2.23. The lowest BCUT2D eigenvalue weighted by Gasteiger charge is -2.10. The summed E-state index contributed by atoms with van der Waals surface area (Å²) in [7, 11) is 0.